The van der Waals surface area contributed by atoms with Crippen molar-refractivity contribution in [2.75, 3.05) is 0 Å². The molecule has 0 nitrogen and oxygen atoms in total. The average Bonchev–Trinajstić information content (AvgIpc) is 2.90. The Bertz CT molecular complexity index is 783. The van der Waals surface area contributed by atoms with E-state index in [-0.39, 0.29) is 24.3 Å². The van der Waals surface area contributed by atoms with Crippen molar-refractivity contribution in [2.45, 2.75) is 46.0 Å². The third-order valence-electron chi connectivity index (χ3n) is 4.50. The second-order valence-electron chi connectivity index (χ2n) is 7.58. The van der Waals surface area contributed by atoms with Crippen LogP contribution in [0.25, 0.3) is 21.9 Å². The maximum atomic E-state index is 2.35. The van der Waals surface area contributed by atoms with Crippen molar-refractivity contribution in [3.63, 3.8) is 0 Å². The molecule has 0 fully saturated rings. The molecule has 0 radical (unpaired) electrons. The van der Waals surface area contributed by atoms with E-state index in [2.05, 4.69) is 89.2 Å². The van der Waals surface area contributed by atoms with Crippen molar-refractivity contribution < 1.29 is 18.9 Å². The van der Waals surface area contributed by atoms with Crippen molar-refractivity contribution in [1.82, 2.24) is 0 Å². The Morgan fingerprint density at radius 1 is 0.913 bits per heavy atom. The molecular weight excluding hydrogens is 271 g/mol. The van der Waals surface area contributed by atoms with Gasteiger partial charge in [-0.15, -0.1) is 34.5 Å². The Balaban J connectivity index is 0.00000192. The topological polar surface area (TPSA) is 0 Å². The predicted octanol–water partition coefficient (Wildman–Crippen LogP) is 3.65. The molecule has 0 aliphatic heterocycles. The number of hydrogen-bond acceptors (Lipinski definition) is 0. The van der Waals surface area contributed by atoms with Crippen LogP contribution in [0.4, 0.5) is 0 Å². The van der Waals surface area contributed by atoms with Gasteiger partial charge in [0, 0.05) is 0 Å². The van der Waals surface area contributed by atoms with Crippen LogP contribution >= 0.6 is 0 Å². The molecule has 0 amide bonds. The number of hydrogen-bond donors (Lipinski definition) is 0. The molecule has 3 aromatic carbocycles. The van der Waals surface area contributed by atoms with E-state index < -0.39 is 0 Å². The predicted molar refractivity (Wildman–Crippen MR) is 97.8 cm³/mol. The van der Waals surface area contributed by atoms with Gasteiger partial charge in [-0.3, -0.25) is 0 Å². The molecule has 3 aromatic rings. The van der Waals surface area contributed by atoms with Crippen LogP contribution in [-0.2, 0) is 5.41 Å². The third-order valence-corrected chi connectivity index (χ3v) is 4.50. The van der Waals surface area contributed by atoms with Crippen LogP contribution in [0.1, 0.15) is 51.7 Å². The fourth-order valence-corrected chi connectivity index (χ4v) is 2.99. The molecule has 0 heterocycles. The minimum absolute atomic E-state index is 0. The molecule has 0 spiro atoms. The van der Waals surface area contributed by atoms with Crippen LogP contribution in [0.3, 0.4) is 0 Å². The van der Waals surface area contributed by atoms with Gasteiger partial charge in [0.1, 0.15) is 0 Å². The van der Waals surface area contributed by atoms with Crippen molar-refractivity contribution >= 4 is 10.8 Å². The maximum Gasteiger partial charge on any atom is 1.00 e. The molecule has 23 heavy (non-hydrogen) atoms. The molecule has 0 aromatic heterocycles. The number of benzene rings is 2. The summed E-state index contributed by atoms with van der Waals surface area (Å²) >= 11 is 0. The van der Waals surface area contributed by atoms with E-state index >= 15 is 0 Å². The summed E-state index contributed by atoms with van der Waals surface area (Å²) in [6, 6.07) is 20.3. The molecule has 0 aliphatic carbocycles. The van der Waals surface area contributed by atoms with Gasteiger partial charge in [0.2, 0.25) is 0 Å². The summed E-state index contributed by atoms with van der Waals surface area (Å²) in [4.78, 5) is 0. The Morgan fingerprint density at radius 2 is 1.57 bits per heavy atom. The van der Waals surface area contributed by atoms with Crippen LogP contribution in [0.5, 0.6) is 0 Å². The van der Waals surface area contributed by atoms with Gasteiger partial charge < -0.3 is 0 Å². The fourth-order valence-electron chi connectivity index (χ4n) is 2.99. The number of rotatable bonds is 2. The van der Waals surface area contributed by atoms with Crippen LogP contribution < -0.4 is 18.9 Å². The Morgan fingerprint density at radius 3 is 2.13 bits per heavy atom. The van der Waals surface area contributed by atoms with E-state index in [0.717, 1.165) is 0 Å². The summed E-state index contributed by atoms with van der Waals surface area (Å²) in [5.74, 6) is 0.573. The second-order valence-corrected chi connectivity index (χ2v) is 7.58. The van der Waals surface area contributed by atoms with E-state index in [4.69, 9.17) is 0 Å². The Hall–Kier alpha value is -1.35. The average molecular weight is 296 g/mol. The van der Waals surface area contributed by atoms with E-state index in [1.807, 2.05) is 0 Å². The van der Waals surface area contributed by atoms with Crippen LogP contribution in [0.2, 0.25) is 0 Å². The van der Waals surface area contributed by atoms with Crippen molar-refractivity contribution in [2.24, 2.45) is 0 Å². The molecule has 0 unspecified atom stereocenters. The monoisotopic (exact) mass is 296 g/mol. The van der Waals surface area contributed by atoms with E-state index in [1.165, 1.54) is 33.0 Å². The summed E-state index contributed by atoms with van der Waals surface area (Å²) in [6.07, 6.45) is 0. The zero-order chi connectivity index (χ0) is 15.9. The quantitative estimate of drug-likeness (QED) is 0.500. The SMILES string of the molecule is CC(C)c1cc2c(-c3ccc(C(C)(C)C)cc3)cccc2[cH-]1.[Li+]. The Kier molecular flexibility index (Phi) is 5.19. The molecule has 0 atom stereocenters. The van der Waals surface area contributed by atoms with Gasteiger partial charge in [-0.05, 0) is 22.5 Å². The van der Waals surface area contributed by atoms with Gasteiger partial charge in [0.25, 0.3) is 0 Å². The van der Waals surface area contributed by atoms with Gasteiger partial charge in [0.05, 0.1) is 0 Å². The molecule has 114 valence electrons. The minimum atomic E-state index is 0. The Labute approximate surface area is 152 Å². The maximum absolute atomic E-state index is 2.35. The standard InChI is InChI=1S/C22H25.Li/c1-15(2)18-13-17-7-6-8-20(21(17)14-18)16-9-11-19(12-10-16)22(3,4)5;/h6-15H,1-5H3;/q-1;+1. The van der Waals surface area contributed by atoms with Gasteiger partial charge in [-0.2, -0.15) is 6.07 Å². The smallest absolute Gasteiger partial charge is 0.164 e. The number of fused-ring (bicyclic) bond motifs is 1. The van der Waals surface area contributed by atoms with Gasteiger partial charge >= 0.3 is 18.9 Å². The molecular formula is C22H25Li. The summed E-state index contributed by atoms with van der Waals surface area (Å²) in [6.45, 7) is 11.3. The zero-order valence-corrected chi connectivity index (χ0v) is 15.3. The minimum Gasteiger partial charge on any atom is -0.164 e. The van der Waals surface area contributed by atoms with Crippen LogP contribution in [0.15, 0.2) is 54.6 Å². The summed E-state index contributed by atoms with van der Waals surface area (Å²) in [5, 5.41) is 2.72. The van der Waals surface area contributed by atoms with Crippen molar-refractivity contribution in [3.05, 3.63) is 65.7 Å². The molecule has 3 rings (SSSR count). The third kappa shape index (κ3) is 3.60. The largest absolute Gasteiger partial charge is 1.00 e. The molecule has 0 saturated carbocycles. The normalized spacial score (nSPS) is 11.7. The van der Waals surface area contributed by atoms with E-state index in [1.54, 1.807) is 0 Å². The first-order valence-electron chi connectivity index (χ1n) is 8.16. The molecule has 0 bridgehead atoms. The summed E-state index contributed by atoms with van der Waals surface area (Å²) < 4.78 is 0. The molecule has 1 heteroatoms. The van der Waals surface area contributed by atoms with Crippen molar-refractivity contribution in [3.8, 4) is 11.1 Å². The zero-order valence-electron chi connectivity index (χ0n) is 15.3. The van der Waals surface area contributed by atoms with Crippen LogP contribution in [-0.4, -0.2) is 0 Å². The second kappa shape index (κ2) is 6.64. The summed E-state index contributed by atoms with van der Waals surface area (Å²) in [5.41, 5.74) is 5.65. The van der Waals surface area contributed by atoms with Crippen LogP contribution in [0, 0.1) is 0 Å². The van der Waals surface area contributed by atoms with Gasteiger partial charge in [-0.25, -0.2) is 0 Å². The molecule has 0 aliphatic rings. The first-order valence-corrected chi connectivity index (χ1v) is 8.16. The fraction of sp³-hybridized carbons (Fsp3) is 0.318. The summed E-state index contributed by atoms with van der Waals surface area (Å²) in [7, 11) is 0. The van der Waals surface area contributed by atoms with E-state index in [9.17, 15) is 0 Å². The van der Waals surface area contributed by atoms with E-state index in [0.29, 0.717) is 5.92 Å². The first kappa shape index (κ1) is 18.0. The van der Waals surface area contributed by atoms with Gasteiger partial charge in [0.15, 0.2) is 0 Å². The first-order chi connectivity index (χ1) is 10.4. The van der Waals surface area contributed by atoms with Gasteiger partial charge in [-0.1, -0.05) is 70.5 Å². The molecule has 0 N–H and O–H groups in total. The van der Waals surface area contributed by atoms with Crippen molar-refractivity contribution in [1.29, 1.82) is 0 Å². The molecule has 0 saturated heterocycles.